The first-order valence-corrected chi connectivity index (χ1v) is 4.13. The number of nitrogens with one attached hydrogen (secondary N) is 2. The average Bonchev–Trinajstić information content (AvgIpc) is 2.32. The number of aromatic nitrogens is 3. The maximum Gasteiger partial charge on any atom is 0.232 e. The molecule has 1 saturated heterocycles. The van der Waals surface area contributed by atoms with Crippen LogP contribution < -0.4 is 10.6 Å². The summed E-state index contributed by atoms with van der Waals surface area (Å²) in [6.45, 7) is 1.51. The van der Waals surface area contributed by atoms with Crippen LogP contribution in [0.25, 0.3) is 0 Å². The molecule has 2 heterocycles. The van der Waals surface area contributed by atoms with E-state index in [1.54, 1.807) is 7.05 Å². The summed E-state index contributed by atoms with van der Waals surface area (Å²) in [5, 5.41) is 9.58. The van der Waals surface area contributed by atoms with Gasteiger partial charge >= 0.3 is 0 Å². The molecule has 2 rings (SSSR count). The minimum Gasteiger partial charge on any atom is -0.315 e. The maximum atomic E-state index is 11.4. The first-order chi connectivity index (χ1) is 6.27. The zero-order valence-electron chi connectivity index (χ0n) is 7.32. The van der Waals surface area contributed by atoms with E-state index in [1.807, 2.05) is 0 Å². The van der Waals surface area contributed by atoms with Crippen LogP contribution in [-0.2, 0) is 11.8 Å². The second-order valence-electron chi connectivity index (χ2n) is 3.05. The lowest BCUT2D eigenvalue weighted by atomic mass is 10.0. The van der Waals surface area contributed by atoms with E-state index in [2.05, 4.69) is 20.7 Å². The van der Waals surface area contributed by atoms with Gasteiger partial charge in [0.25, 0.3) is 0 Å². The van der Waals surface area contributed by atoms with E-state index in [0.29, 0.717) is 5.95 Å². The quantitative estimate of drug-likeness (QED) is 0.612. The second-order valence-corrected chi connectivity index (χ2v) is 3.05. The molecule has 0 radical (unpaired) electrons. The topological polar surface area (TPSA) is 71.8 Å². The summed E-state index contributed by atoms with van der Waals surface area (Å²) in [6, 6.07) is 0. The van der Waals surface area contributed by atoms with E-state index in [4.69, 9.17) is 0 Å². The van der Waals surface area contributed by atoms with E-state index in [0.717, 1.165) is 13.1 Å². The van der Waals surface area contributed by atoms with Crippen molar-refractivity contribution in [1.29, 1.82) is 0 Å². The van der Waals surface area contributed by atoms with E-state index < -0.39 is 0 Å². The van der Waals surface area contributed by atoms with Crippen molar-refractivity contribution in [2.24, 2.45) is 13.0 Å². The number of rotatable bonds is 2. The molecule has 2 N–H and O–H groups in total. The molecular formula is C7H11N5O. The van der Waals surface area contributed by atoms with Crippen LogP contribution >= 0.6 is 0 Å². The fraction of sp³-hybridized carbons (Fsp3) is 0.571. The first-order valence-electron chi connectivity index (χ1n) is 4.13. The summed E-state index contributed by atoms with van der Waals surface area (Å²) < 4.78 is 1.53. The van der Waals surface area contributed by atoms with E-state index in [9.17, 15) is 4.79 Å². The average molecular weight is 181 g/mol. The predicted octanol–water partition coefficient (Wildman–Crippen LogP) is -1.03. The molecule has 1 aromatic rings. The van der Waals surface area contributed by atoms with Crippen LogP contribution in [0.15, 0.2) is 6.33 Å². The third-order valence-electron chi connectivity index (χ3n) is 2.10. The molecule has 70 valence electrons. The van der Waals surface area contributed by atoms with E-state index >= 15 is 0 Å². The molecule has 1 aliphatic rings. The fourth-order valence-corrected chi connectivity index (χ4v) is 1.10. The Bertz CT molecular complexity index is 316. The number of aryl methyl sites for hydroxylation is 1. The van der Waals surface area contributed by atoms with Gasteiger partial charge in [0.15, 0.2) is 0 Å². The number of carbonyl (C=O) groups excluding carboxylic acids is 1. The molecule has 1 amide bonds. The fourth-order valence-electron chi connectivity index (χ4n) is 1.10. The van der Waals surface area contributed by atoms with Crippen LogP contribution in [0.2, 0.25) is 0 Å². The summed E-state index contributed by atoms with van der Waals surface area (Å²) in [5.74, 6) is 0.587. The Hall–Kier alpha value is -1.43. The van der Waals surface area contributed by atoms with Gasteiger partial charge in [0, 0.05) is 20.1 Å². The molecule has 13 heavy (non-hydrogen) atoms. The summed E-state index contributed by atoms with van der Waals surface area (Å²) in [6.07, 6.45) is 1.41. The van der Waals surface area contributed by atoms with Crippen LogP contribution in [0.1, 0.15) is 0 Å². The lowest BCUT2D eigenvalue weighted by Crippen LogP contribution is -2.48. The second kappa shape index (κ2) is 3.14. The Labute approximate surface area is 75.3 Å². The third-order valence-corrected chi connectivity index (χ3v) is 2.10. The lowest BCUT2D eigenvalue weighted by Gasteiger charge is -2.25. The monoisotopic (exact) mass is 181 g/mol. The molecule has 6 heteroatoms. The van der Waals surface area contributed by atoms with Gasteiger partial charge in [0.1, 0.15) is 6.33 Å². The van der Waals surface area contributed by atoms with Crippen LogP contribution in [-0.4, -0.2) is 33.8 Å². The van der Waals surface area contributed by atoms with Crippen molar-refractivity contribution in [1.82, 2.24) is 20.1 Å². The number of carbonyl (C=O) groups is 1. The van der Waals surface area contributed by atoms with Crippen molar-refractivity contribution in [3.05, 3.63) is 6.33 Å². The molecule has 1 aromatic heterocycles. The molecule has 0 bridgehead atoms. The van der Waals surface area contributed by atoms with Gasteiger partial charge in [0.2, 0.25) is 11.9 Å². The highest BCUT2D eigenvalue weighted by molar-refractivity contribution is 5.91. The molecule has 0 aliphatic carbocycles. The molecular weight excluding hydrogens is 170 g/mol. The van der Waals surface area contributed by atoms with Gasteiger partial charge in [-0.25, -0.2) is 4.68 Å². The zero-order chi connectivity index (χ0) is 9.26. The van der Waals surface area contributed by atoms with Gasteiger partial charge in [-0.3, -0.25) is 10.1 Å². The van der Waals surface area contributed by atoms with Crippen molar-refractivity contribution >= 4 is 11.9 Å². The van der Waals surface area contributed by atoms with Crippen LogP contribution in [0.5, 0.6) is 0 Å². The van der Waals surface area contributed by atoms with Gasteiger partial charge in [-0.05, 0) is 0 Å². The van der Waals surface area contributed by atoms with Crippen LogP contribution in [0.3, 0.4) is 0 Å². The Kier molecular flexibility index (Phi) is 1.97. The number of nitrogens with zero attached hydrogens (tertiary/aromatic N) is 3. The van der Waals surface area contributed by atoms with Gasteiger partial charge in [-0.15, -0.1) is 0 Å². The Balaban J connectivity index is 1.97. The summed E-state index contributed by atoms with van der Waals surface area (Å²) in [5.41, 5.74) is 0. The lowest BCUT2D eigenvalue weighted by molar-refractivity contribution is -0.121. The zero-order valence-corrected chi connectivity index (χ0v) is 7.32. The summed E-state index contributed by atoms with van der Waals surface area (Å²) >= 11 is 0. The Morgan fingerprint density at radius 2 is 2.54 bits per heavy atom. The third kappa shape index (κ3) is 1.52. The van der Waals surface area contributed by atoms with Crippen molar-refractivity contribution in [3.8, 4) is 0 Å². The van der Waals surface area contributed by atoms with Crippen LogP contribution in [0, 0.1) is 5.92 Å². The van der Waals surface area contributed by atoms with Crippen LogP contribution in [0.4, 0.5) is 5.95 Å². The van der Waals surface area contributed by atoms with Gasteiger partial charge < -0.3 is 5.32 Å². The summed E-state index contributed by atoms with van der Waals surface area (Å²) in [7, 11) is 1.74. The van der Waals surface area contributed by atoms with E-state index in [-0.39, 0.29) is 11.8 Å². The molecule has 0 saturated carbocycles. The molecule has 0 aromatic carbocycles. The molecule has 1 aliphatic heterocycles. The standard InChI is InChI=1S/C7H11N5O/c1-12-7(9-4-10-12)11-6(13)5-2-8-3-5/h4-5,8H,2-3H2,1H3,(H,9,10,11,13). The number of amides is 1. The largest absolute Gasteiger partial charge is 0.315 e. The highest BCUT2D eigenvalue weighted by atomic mass is 16.2. The SMILES string of the molecule is Cn1ncnc1NC(=O)C1CNC1. The Morgan fingerprint density at radius 3 is 3.00 bits per heavy atom. The molecule has 1 fully saturated rings. The van der Waals surface area contributed by atoms with Crippen molar-refractivity contribution < 1.29 is 4.79 Å². The minimum atomic E-state index is 0.00912. The van der Waals surface area contributed by atoms with E-state index in [1.165, 1.54) is 11.0 Å². The number of hydrogen-bond donors (Lipinski definition) is 2. The Morgan fingerprint density at radius 1 is 1.77 bits per heavy atom. The van der Waals surface area contributed by atoms with Crippen molar-refractivity contribution in [2.75, 3.05) is 18.4 Å². The first kappa shape index (κ1) is 8.18. The van der Waals surface area contributed by atoms with Crippen molar-refractivity contribution in [2.45, 2.75) is 0 Å². The molecule has 6 nitrogen and oxygen atoms in total. The molecule has 0 atom stereocenters. The smallest absolute Gasteiger partial charge is 0.232 e. The molecule has 0 unspecified atom stereocenters. The minimum absolute atomic E-state index is 0.00912. The molecule has 0 spiro atoms. The maximum absolute atomic E-state index is 11.4. The van der Waals surface area contributed by atoms with Gasteiger partial charge in [0.05, 0.1) is 5.92 Å². The normalized spacial score (nSPS) is 16.7. The summed E-state index contributed by atoms with van der Waals surface area (Å²) in [4.78, 5) is 15.3. The number of hydrogen-bond acceptors (Lipinski definition) is 4. The van der Waals surface area contributed by atoms with Crippen molar-refractivity contribution in [3.63, 3.8) is 0 Å². The highest BCUT2D eigenvalue weighted by Gasteiger charge is 2.25. The number of anilines is 1. The van der Waals surface area contributed by atoms with Gasteiger partial charge in [-0.1, -0.05) is 0 Å². The predicted molar refractivity (Wildman–Crippen MR) is 46.0 cm³/mol. The van der Waals surface area contributed by atoms with Gasteiger partial charge in [-0.2, -0.15) is 10.1 Å². The highest BCUT2D eigenvalue weighted by Crippen LogP contribution is 2.06.